The highest BCUT2D eigenvalue weighted by atomic mass is 16.3. The standard InChI is InChI=1S/C16H18N2O2/c1-16(2,3)17-8-11-9-20-15(18-11)13-10-19-14-7-5-4-6-12(13)14/h4-7,9-10,17H,8H2,1-3H3. The van der Waals surface area contributed by atoms with E-state index < -0.39 is 0 Å². The average molecular weight is 270 g/mol. The van der Waals surface area contributed by atoms with Crippen LogP contribution in [-0.4, -0.2) is 10.5 Å². The largest absolute Gasteiger partial charge is 0.463 e. The van der Waals surface area contributed by atoms with E-state index in [1.807, 2.05) is 24.3 Å². The Morgan fingerprint density at radius 2 is 1.90 bits per heavy atom. The number of hydrogen-bond acceptors (Lipinski definition) is 4. The van der Waals surface area contributed by atoms with Crippen LogP contribution in [0, 0.1) is 0 Å². The summed E-state index contributed by atoms with van der Waals surface area (Å²) in [6.45, 7) is 7.05. The zero-order valence-electron chi connectivity index (χ0n) is 11.9. The average Bonchev–Trinajstić information content (AvgIpc) is 3.01. The first kappa shape index (κ1) is 12.9. The highest BCUT2D eigenvalue weighted by Crippen LogP contribution is 2.29. The molecule has 3 aromatic rings. The second-order valence-electron chi connectivity index (χ2n) is 5.89. The van der Waals surface area contributed by atoms with Crippen LogP contribution in [0.2, 0.25) is 0 Å². The van der Waals surface area contributed by atoms with Crippen LogP contribution < -0.4 is 5.32 Å². The van der Waals surface area contributed by atoms with Crippen LogP contribution in [0.4, 0.5) is 0 Å². The van der Waals surface area contributed by atoms with Crippen molar-refractivity contribution >= 4 is 11.0 Å². The zero-order valence-corrected chi connectivity index (χ0v) is 11.9. The molecule has 0 bridgehead atoms. The molecule has 1 N–H and O–H groups in total. The number of para-hydroxylation sites is 1. The molecule has 104 valence electrons. The van der Waals surface area contributed by atoms with Crippen LogP contribution >= 0.6 is 0 Å². The van der Waals surface area contributed by atoms with E-state index in [2.05, 4.69) is 31.1 Å². The molecule has 20 heavy (non-hydrogen) atoms. The Kier molecular flexibility index (Phi) is 3.10. The predicted octanol–water partition coefficient (Wildman–Crippen LogP) is 3.98. The molecule has 0 amide bonds. The summed E-state index contributed by atoms with van der Waals surface area (Å²) in [4.78, 5) is 4.52. The number of aromatic nitrogens is 1. The molecular weight excluding hydrogens is 252 g/mol. The molecule has 0 aliphatic carbocycles. The lowest BCUT2D eigenvalue weighted by Gasteiger charge is -2.19. The molecule has 1 aromatic carbocycles. The summed E-state index contributed by atoms with van der Waals surface area (Å²) < 4.78 is 11.1. The smallest absolute Gasteiger partial charge is 0.230 e. The number of benzene rings is 1. The van der Waals surface area contributed by atoms with Gasteiger partial charge in [-0.3, -0.25) is 0 Å². The van der Waals surface area contributed by atoms with Gasteiger partial charge in [-0.25, -0.2) is 4.98 Å². The number of nitrogens with zero attached hydrogens (tertiary/aromatic N) is 1. The van der Waals surface area contributed by atoms with Gasteiger partial charge in [0.05, 0.1) is 11.3 Å². The molecule has 0 saturated carbocycles. The van der Waals surface area contributed by atoms with Gasteiger partial charge in [0, 0.05) is 17.5 Å². The fraction of sp³-hybridized carbons (Fsp3) is 0.312. The van der Waals surface area contributed by atoms with Crippen LogP contribution in [0.5, 0.6) is 0 Å². The van der Waals surface area contributed by atoms with E-state index in [0.717, 1.165) is 22.2 Å². The minimum absolute atomic E-state index is 0.0570. The molecule has 0 unspecified atom stereocenters. The van der Waals surface area contributed by atoms with Crippen molar-refractivity contribution in [1.82, 2.24) is 10.3 Å². The van der Waals surface area contributed by atoms with Crippen molar-refractivity contribution in [2.45, 2.75) is 32.9 Å². The molecule has 3 rings (SSSR count). The van der Waals surface area contributed by atoms with E-state index >= 15 is 0 Å². The zero-order chi connectivity index (χ0) is 14.2. The number of rotatable bonds is 3. The number of oxazole rings is 1. The summed E-state index contributed by atoms with van der Waals surface area (Å²) in [5.74, 6) is 0.598. The molecule has 2 heterocycles. The van der Waals surface area contributed by atoms with Crippen molar-refractivity contribution in [3.05, 3.63) is 42.5 Å². The Balaban J connectivity index is 1.86. The van der Waals surface area contributed by atoms with E-state index in [4.69, 9.17) is 8.83 Å². The molecule has 0 aliphatic rings. The maximum absolute atomic E-state index is 5.57. The van der Waals surface area contributed by atoms with Gasteiger partial charge in [-0.1, -0.05) is 18.2 Å². The monoisotopic (exact) mass is 270 g/mol. The molecule has 2 aromatic heterocycles. The molecule has 0 spiro atoms. The maximum Gasteiger partial charge on any atom is 0.230 e. The van der Waals surface area contributed by atoms with E-state index in [1.165, 1.54) is 0 Å². The predicted molar refractivity (Wildman–Crippen MR) is 78.3 cm³/mol. The molecule has 4 heteroatoms. The number of hydrogen-bond donors (Lipinski definition) is 1. The summed E-state index contributed by atoms with van der Waals surface area (Å²) in [5, 5.41) is 4.41. The van der Waals surface area contributed by atoms with Gasteiger partial charge >= 0.3 is 0 Å². The summed E-state index contributed by atoms with van der Waals surface area (Å²) in [6.07, 6.45) is 3.38. The minimum atomic E-state index is 0.0570. The van der Waals surface area contributed by atoms with Gasteiger partial charge in [-0.15, -0.1) is 0 Å². The van der Waals surface area contributed by atoms with Crippen molar-refractivity contribution in [3.8, 4) is 11.5 Å². The summed E-state index contributed by atoms with van der Waals surface area (Å²) >= 11 is 0. The third kappa shape index (κ3) is 2.60. The van der Waals surface area contributed by atoms with E-state index in [-0.39, 0.29) is 5.54 Å². The molecule has 0 fully saturated rings. The first-order valence-corrected chi connectivity index (χ1v) is 6.69. The fourth-order valence-corrected chi connectivity index (χ4v) is 2.01. The first-order valence-electron chi connectivity index (χ1n) is 6.69. The fourth-order valence-electron chi connectivity index (χ4n) is 2.01. The van der Waals surface area contributed by atoms with Gasteiger partial charge in [-0.2, -0.15) is 0 Å². The normalized spacial score (nSPS) is 12.2. The Morgan fingerprint density at radius 1 is 1.10 bits per heavy atom. The lowest BCUT2D eigenvalue weighted by atomic mass is 10.1. The van der Waals surface area contributed by atoms with Crippen molar-refractivity contribution in [1.29, 1.82) is 0 Å². The van der Waals surface area contributed by atoms with Crippen LogP contribution in [0.1, 0.15) is 26.5 Å². The minimum Gasteiger partial charge on any atom is -0.463 e. The van der Waals surface area contributed by atoms with Crippen LogP contribution in [0.3, 0.4) is 0 Å². The van der Waals surface area contributed by atoms with Gasteiger partial charge in [0.25, 0.3) is 0 Å². The molecule has 4 nitrogen and oxygen atoms in total. The quantitative estimate of drug-likeness (QED) is 0.782. The SMILES string of the molecule is CC(C)(C)NCc1coc(-c2coc3ccccc23)n1. The molecule has 0 aliphatic heterocycles. The number of nitrogens with one attached hydrogen (secondary N) is 1. The van der Waals surface area contributed by atoms with Crippen molar-refractivity contribution in [2.75, 3.05) is 0 Å². The van der Waals surface area contributed by atoms with E-state index in [0.29, 0.717) is 12.4 Å². The van der Waals surface area contributed by atoms with Crippen LogP contribution in [-0.2, 0) is 6.54 Å². The first-order chi connectivity index (χ1) is 9.53. The van der Waals surface area contributed by atoms with Crippen molar-refractivity contribution < 1.29 is 8.83 Å². The number of fused-ring (bicyclic) bond motifs is 1. The van der Waals surface area contributed by atoms with Gasteiger partial charge in [-0.05, 0) is 26.8 Å². The third-order valence-electron chi connectivity index (χ3n) is 3.06. The van der Waals surface area contributed by atoms with Gasteiger partial charge in [0.15, 0.2) is 0 Å². The second kappa shape index (κ2) is 4.80. The second-order valence-corrected chi connectivity index (χ2v) is 5.89. The lowest BCUT2D eigenvalue weighted by molar-refractivity contribution is 0.421. The highest BCUT2D eigenvalue weighted by molar-refractivity contribution is 5.91. The summed E-state index contributed by atoms with van der Waals surface area (Å²) in [5.41, 5.74) is 2.68. The molecule has 0 saturated heterocycles. The lowest BCUT2D eigenvalue weighted by Crippen LogP contribution is -2.35. The Bertz CT molecular complexity index is 719. The summed E-state index contributed by atoms with van der Waals surface area (Å²) in [6, 6.07) is 7.87. The Labute approximate surface area is 117 Å². The maximum atomic E-state index is 5.57. The van der Waals surface area contributed by atoms with Gasteiger partial charge < -0.3 is 14.2 Å². The van der Waals surface area contributed by atoms with E-state index in [1.54, 1.807) is 12.5 Å². The van der Waals surface area contributed by atoms with Crippen molar-refractivity contribution in [3.63, 3.8) is 0 Å². The Morgan fingerprint density at radius 3 is 2.70 bits per heavy atom. The van der Waals surface area contributed by atoms with Gasteiger partial charge in [0.1, 0.15) is 18.1 Å². The van der Waals surface area contributed by atoms with Gasteiger partial charge in [0.2, 0.25) is 5.89 Å². The molecular formula is C16H18N2O2. The third-order valence-corrected chi connectivity index (χ3v) is 3.06. The topological polar surface area (TPSA) is 51.2 Å². The molecule has 0 atom stereocenters. The van der Waals surface area contributed by atoms with Crippen molar-refractivity contribution in [2.24, 2.45) is 0 Å². The highest BCUT2D eigenvalue weighted by Gasteiger charge is 2.14. The number of furan rings is 1. The van der Waals surface area contributed by atoms with Crippen LogP contribution in [0.25, 0.3) is 22.4 Å². The van der Waals surface area contributed by atoms with Crippen LogP contribution in [0.15, 0.2) is 45.6 Å². The Hall–Kier alpha value is -2.07. The summed E-state index contributed by atoms with van der Waals surface area (Å²) in [7, 11) is 0. The molecule has 0 radical (unpaired) electrons. The van der Waals surface area contributed by atoms with E-state index in [9.17, 15) is 0 Å².